The fourth-order valence-electron chi connectivity index (χ4n) is 0.396. The van der Waals surface area contributed by atoms with Gasteiger partial charge in [-0.05, 0) is 6.92 Å². The average molecular weight is 110 g/mol. The van der Waals surface area contributed by atoms with E-state index in [-0.39, 0.29) is 5.75 Å². The summed E-state index contributed by atoms with van der Waals surface area (Å²) in [6.45, 7) is 1.70. The van der Waals surface area contributed by atoms with Gasteiger partial charge < -0.3 is 5.11 Å². The van der Waals surface area contributed by atoms with Crippen LogP contribution in [0.5, 0.6) is 5.75 Å². The summed E-state index contributed by atoms with van der Waals surface area (Å²) in [5.74, 6) is 0.194. The van der Waals surface area contributed by atoms with Gasteiger partial charge >= 0.3 is 0 Å². The Labute approximate surface area is 47.0 Å². The van der Waals surface area contributed by atoms with Crippen molar-refractivity contribution < 1.29 is 5.11 Å². The smallest absolute Gasteiger partial charge is 0.140 e. The van der Waals surface area contributed by atoms with Crippen molar-refractivity contribution in [1.82, 2.24) is 10.2 Å². The zero-order valence-corrected chi connectivity index (χ0v) is 4.50. The first-order chi connectivity index (χ1) is 3.80. The first-order valence-corrected chi connectivity index (χ1v) is 2.28. The van der Waals surface area contributed by atoms with E-state index in [4.69, 9.17) is 5.11 Å². The third-order valence-corrected chi connectivity index (χ3v) is 0.877. The van der Waals surface area contributed by atoms with E-state index >= 15 is 0 Å². The minimum atomic E-state index is 0.194. The Balaban J connectivity index is 3.13. The summed E-state index contributed by atoms with van der Waals surface area (Å²) >= 11 is 0. The van der Waals surface area contributed by atoms with Crippen LogP contribution >= 0.6 is 0 Å². The topological polar surface area (TPSA) is 46.0 Å². The molecule has 1 rings (SSSR count). The molecule has 1 aromatic heterocycles. The Morgan fingerprint density at radius 2 is 2.38 bits per heavy atom. The zero-order valence-electron chi connectivity index (χ0n) is 4.50. The van der Waals surface area contributed by atoms with E-state index in [9.17, 15) is 0 Å². The lowest BCUT2D eigenvalue weighted by atomic mass is 10.4. The van der Waals surface area contributed by atoms with E-state index in [1.54, 1.807) is 6.92 Å². The summed E-state index contributed by atoms with van der Waals surface area (Å²) in [5, 5.41) is 15.9. The van der Waals surface area contributed by atoms with Crippen molar-refractivity contribution in [1.29, 1.82) is 0 Å². The third-order valence-electron chi connectivity index (χ3n) is 0.877. The molecule has 0 aromatic carbocycles. The molecule has 0 saturated heterocycles. The van der Waals surface area contributed by atoms with Crippen molar-refractivity contribution >= 4 is 0 Å². The van der Waals surface area contributed by atoms with Crippen molar-refractivity contribution in [2.75, 3.05) is 0 Å². The Morgan fingerprint density at radius 3 is 2.75 bits per heavy atom. The van der Waals surface area contributed by atoms with Gasteiger partial charge in [0.15, 0.2) is 0 Å². The number of aromatic hydroxyl groups is 1. The standard InChI is InChI=1S/C5H6N2O/c1-4-5(8)2-3-6-7-4/h2-3H,1H3,(H,6,8). The second-order valence-electron chi connectivity index (χ2n) is 1.50. The molecule has 0 saturated carbocycles. The second kappa shape index (κ2) is 1.78. The highest BCUT2D eigenvalue weighted by Gasteiger charge is 1.90. The molecule has 0 aliphatic heterocycles. The molecular formula is C5H6N2O. The second-order valence-corrected chi connectivity index (χ2v) is 1.50. The van der Waals surface area contributed by atoms with Gasteiger partial charge in [0.1, 0.15) is 11.4 Å². The van der Waals surface area contributed by atoms with Gasteiger partial charge in [0.25, 0.3) is 0 Å². The molecule has 0 spiro atoms. The van der Waals surface area contributed by atoms with Gasteiger partial charge in [0.2, 0.25) is 0 Å². The Bertz CT molecular complexity index is 167. The van der Waals surface area contributed by atoms with Crippen LogP contribution in [-0.4, -0.2) is 15.3 Å². The van der Waals surface area contributed by atoms with E-state index in [2.05, 4.69) is 10.2 Å². The molecule has 3 heteroatoms. The van der Waals surface area contributed by atoms with Crippen molar-refractivity contribution in [3.05, 3.63) is 18.0 Å². The van der Waals surface area contributed by atoms with Gasteiger partial charge in [-0.25, -0.2) is 0 Å². The first-order valence-electron chi connectivity index (χ1n) is 2.28. The Kier molecular flexibility index (Phi) is 1.12. The molecule has 3 nitrogen and oxygen atoms in total. The fourth-order valence-corrected chi connectivity index (χ4v) is 0.396. The van der Waals surface area contributed by atoms with Crippen LogP contribution in [0, 0.1) is 6.92 Å². The van der Waals surface area contributed by atoms with E-state index in [1.165, 1.54) is 12.3 Å². The highest BCUT2D eigenvalue weighted by molar-refractivity contribution is 5.20. The van der Waals surface area contributed by atoms with E-state index < -0.39 is 0 Å². The Hall–Kier alpha value is -1.12. The maximum absolute atomic E-state index is 8.82. The summed E-state index contributed by atoms with van der Waals surface area (Å²) in [6.07, 6.45) is 1.45. The molecule has 1 aromatic rings. The lowest BCUT2D eigenvalue weighted by molar-refractivity contribution is 0.465. The lowest BCUT2D eigenvalue weighted by Crippen LogP contribution is -1.82. The predicted octanol–water partition coefficient (Wildman–Crippen LogP) is 0.491. The lowest BCUT2D eigenvalue weighted by Gasteiger charge is -1.89. The number of aromatic nitrogens is 2. The summed E-state index contributed by atoms with van der Waals surface area (Å²) in [6, 6.07) is 1.50. The fraction of sp³-hybridized carbons (Fsp3) is 0.200. The van der Waals surface area contributed by atoms with Crippen LogP contribution in [-0.2, 0) is 0 Å². The average Bonchev–Trinajstić information content (AvgIpc) is 1.77. The van der Waals surface area contributed by atoms with Gasteiger partial charge in [-0.3, -0.25) is 0 Å². The van der Waals surface area contributed by atoms with Crippen molar-refractivity contribution in [2.45, 2.75) is 6.92 Å². The number of nitrogens with zero attached hydrogens (tertiary/aromatic N) is 2. The number of hydrogen-bond acceptors (Lipinski definition) is 3. The van der Waals surface area contributed by atoms with Gasteiger partial charge in [-0.1, -0.05) is 0 Å². The highest BCUT2D eigenvalue weighted by atomic mass is 16.3. The van der Waals surface area contributed by atoms with Gasteiger partial charge in [0, 0.05) is 6.07 Å². The molecule has 0 bridgehead atoms. The number of rotatable bonds is 0. The van der Waals surface area contributed by atoms with Gasteiger partial charge in [0.05, 0.1) is 6.20 Å². The van der Waals surface area contributed by atoms with Gasteiger partial charge in [-0.2, -0.15) is 10.2 Å². The van der Waals surface area contributed by atoms with E-state index in [1.807, 2.05) is 0 Å². The normalized spacial score (nSPS) is 9.12. The molecule has 0 aliphatic rings. The van der Waals surface area contributed by atoms with E-state index in [0.29, 0.717) is 5.69 Å². The van der Waals surface area contributed by atoms with E-state index in [0.717, 1.165) is 0 Å². The van der Waals surface area contributed by atoms with Crippen LogP contribution in [0.15, 0.2) is 12.3 Å². The number of hydrogen-bond donors (Lipinski definition) is 1. The molecule has 0 amide bonds. The van der Waals surface area contributed by atoms with Crippen molar-refractivity contribution in [3.8, 4) is 5.75 Å². The summed E-state index contributed by atoms with van der Waals surface area (Å²) in [7, 11) is 0. The van der Waals surface area contributed by atoms with Crippen LogP contribution < -0.4 is 0 Å². The van der Waals surface area contributed by atoms with Crippen LogP contribution in [0.2, 0.25) is 0 Å². The molecule has 0 fully saturated rings. The number of aryl methyl sites for hydroxylation is 1. The molecule has 8 heavy (non-hydrogen) atoms. The predicted molar refractivity (Wildman–Crippen MR) is 28.4 cm³/mol. The molecule has 1 N–H and O–H groups in total. The quantitative estimate of drug-likeness (QED) is 0.528. The minimum Gasteiger partial charge on any atom is -0.506 e. The summed E-state index contributed by atoms with van der Waals surface area (Å²) in [5.41, 5.74) is 0.563. The summed E-state index contributed by atoms with van der Waals surface area (Å²) < 4.78 is 0. The van der Waals surface area contributed by atoms with Crippen LogP contribution in [0.1, 0.15) is 5.69 Å². The summed E-state index contributed by atoms with van der Waals surface area (Å²) in [4.78, 5) is 0. The first kappa shape index (κ1) is 5.03. The minimum absolute atomic E-state index is 0.194. The van der Waals surface area contributed by atoms with Crippen molar-refractivity contribution in [3.63, 3.8) is 0 Å². The third kappa shape index (κ3) is 0.753. The van der Waals surface area contributed by atoms with Crippen molar-refractivity contribution in [2.24, 2.45) is 0 Å². The molecule has 0 atom stereocenters. The highest BCUT2D eigenvalue weighted by Crippen LogP contribution is 2.07. The maximum Gasteiger partial charge on any atom is 0.140 e. The van der Waals surface area contributed by atoms with Crippen LogP contribution in [0.3, 0.4) is 0 Å². The molecule has 0 unspecified atom stereocenters. The zero-order chi connectivity index (χ0) is 5.98. The van der Waals surface area contributed by atoms with Crippen LogP contribution in [0.25, 0.3) is 0 Å². The maximum atomic E-state index is 8.82. The largest absolute Gasteiger partial charge is 0.506 e. The van der Waals surface area contributed by atoms with Gasteiger partial charge in [-0.15, -0.1) is 0 Å². The molecule has 42 valence electrons. The van der Waals surface area contributed by atoms with Crippen LogP contribution in [0.4, 0.5) is 0 Å². The molecule has 0 aliphatic carbocycles. The SMILES string of the molecule is Cc1nnccc1O. The molecule has 0 radical (unpaired) electrons. The monoisotopic (exact) mass is 110 g/mol. The molecule has 1 heterocycles. The molecular weight excluding hydrogens is 104 g/mol. The Morgan fingerprint density at radius 1 is 1.62 bits per heavy atom.